The fraction of sp³-hybridized carbons (Fsp3) is 0.353. The molecule has 0 saturated heterocycles. The molecule has 1 aromatic carbocycles. The number of hydrogen-bond acceptors (Lipinski definition) is 5. The molecule has 0 amide bonds. The van der Waals surface area contributed by atoms with Gasteiger partial charge in [-0.05, 0) is 50.7 Å². The number of nitrogens with zero attached hydrogens (tertiary/aromatic N) is 3. The van der Waals surface area contributed by atoms with E-state index in [-0.39, 0.29) is 17.5 Å². The molecule has 1 heterocycles. The molecule has 0 bridgehead atoms. The Hall–Kier alpha value is -2.54. The molecule has 2 aromatic rings. The highest BCUT2D eigenvalue weighted by molar-refractivity contribution is 5.94. The number of carboxylic acid groups (broad SMARTS) is 1. The molecule has 2 rings (SSSR count). The largest absolute Gasteiger partial charge is 0.476 e. The summed E-state index contributed by atoms with van der Waals surface area (Å²) in [5, 5.41) is 9.41. The van der Waals surface area contributed by atoms with Crippen LogP contribution in [0.25, 0.3) is 11.1 Å². The van der Waals surface area contributed by atoms with Gasteiger partial charge in [-0.15, -0.1) is 0 Å². The van der Waals surface area contributed by atoms with E-state index in [1.807, 2.05) is 19.0 Å². The Balaban J connectivity index is 2.25. The molecular weight excluding hydrogens is 313 g/mol. The number of rotatable bonds is 7. The van der Waals surface area contributed by atoms with Gasteiger partial charge in [0.15, 0.2) is 5.69 Å². The second kappa shape index (κ2) is 7.83. The molecule has 24 heavy (non-hydrogen) atoms. The summed E-state index contributed by atoms with van der Waals surface area (Å²) in [7, 11) is 3.91. The Kier molecular flexibility index (Phi) is 5.81. The summed E-state index contributed by atoms with van der Waals surface area (Å²) < 4.78 is 18.7. The summed E-state index contributed by atoms with van der Waals surface area (Å²) in [5.41, 5.74) is 1.36. The summed E-state index contributed by atoms with van der Waals surface area (Å²) >= 11 is 0. The van der Waals surface area contributed by atoms with Crippen molar-refractivity contribution in [3.8, 4) is 17.1 Å². The van der Waals surface area contributed by atoms with Crippen molar-refractivity contribution >= 4 is 5.97 Å². The zero-order valence-corrected chi connectivity index (χ0v) is 13.9. The first-order chi connectivity index (χ1) is 11.4. The Bertz CT molecular complexity index is 735. The lowest BCUT2D eigenvalue weighted by Crippen LogP contribution is -2.16. The van der Waals surface area contributed by atoms with E-state index in [1.165, 1.54) is 24.4 Å². The van der Waals surface area contributed by atoms with Crippen LogP contribution >= 0.6 is 0 Å². The van der Waals surface area contributed by atoms with Gasteiger partial charge in [-0.1, -0.05) is 6.07 Å². The summed E-state index contributed by atoms with van der Waals surface area (Å²) in [4.78, 5) is 21.6. The Morgan fingerprint density at radius 3 is 2.71 bits per heavy atom. The molecule has 0 atom stereocenters. The normalized spacial score (nSPS) is 10.9. The Morgan fingerprint density at radius 2 is 2.08 bits per heavy atom. The number of hydrogen-bond donors (Lipinski definition) is 1. The van der Waals surface area contributed by atoms with Gasteiger partial charge in [0.1, 0.15) is 5.82 Å². The molecular formula is C17H20FN3O3. The number of halogens is 1. The van der Waals surface area contributed by atoms with Gasteiger partial charge in [0, 0.05) is 18.3 Å². The second-order valence-corrected chi connectivity index (χ2v) is 5.68. The Labute approximate surface area is 139 Å². The van der Waals surface area contributed by atoms with Gasteiger partial charge < -0.3 is 14.7 Å². The van der Waals surface area contributed by atoms with E-state index in [0.717, 1.165) is 13.0 Å². The molecule has 0 unspecified atom stereocenters. The van der Waals surface area contributed by atoms with Crippen molar-refractivity contribution in [2.24, 2.45) is 0 Å². The molecule has 0 aliphatic heterocycles. The van der Waals surface area contributed by atoms with Gasteiger partial charge in [0.05, 0.1) is 6.61 Å². The minimum absolute atomic E-state index is 0.0228. The molecule has 1 N–H and O–H groups in total. The third-order valence-electron chi connectivity index (χ3n) is 3.43. The van der Waals surface area contributed by atoms with Crippen molar-refractivity contribution in [2.45, 2.75) is 13.3 Å². The Morgan fingerprint density at radius 1 is 1.33 bits per heavy atom. The highest BCUT2D eigenvalue weighted by atomic mass is 19.1. The highest BCUT2D eigenvalue weighted by Crippen LogP contribution is 2.27. The third-order valence-corrected chi connectivity index (χ3v) is 3.43. The van der Waals surface area contributed by atoms with Crippen LogP contribution in [0.4, 0.5) is 4.39 Å². The molecule has 0 fully saturated rings. The van der Waals surface area contributed by atoms with Gasteiger partial charge >= 0.3 is 12.0 Å². The lowest BCUT2D eigenvalue weighted by Gasteiger charge is -2.11. The summed E-state index contributed by atoms with van der Waals surface area (Å²) in [6, 6.07) is 4.16. The van der Waals surface area contributed by atoms with E-state index in [0.29, 0.717) is 23.3 Å². The molecule has 0 saturated carbocycles. The van der Waals surface area contributed by atoms with Crippen LogP contribution in [-0.4, -0.2) is 53.2 Å². The summed E-state index contributed by atoms with van der Waals surface area (Å²) in [6.45, 7) is 2.94. The van der Waals surface area contributed by atoms with Crippen LogP contribution in [0.3, 0.4) is 0 Å². The predicted octanol–water partition coefficient (Wildman–Crippen LogP) is 2.62. The molecule has 128 valence electrons. The van der Waals surface area contributed by atoms with Crippen molar-refractivity contribution < 1.29 is 19.0 Å². The SMILES string of the molecule is Cc1cc(F)ccc1-c1cnc(OCCCN(C)C)nc1C(=O)O. The van der Waals surface area contributed by atoms with E-state index in [4.69, 9.17) is 4.74 Å². The number of aryl methyl sites for hydroxylation is 1. The number of aromatic nitrogens is 2. The molecule has 0 aliphatic carbocycles. The second-order valence-electron chi connectivity index (χ2n) is 5.68. The number of carboxylic acids is 1. The third kappa shape index (κ3) is 4.48. The lowest BCUT2D eigenvalue weighted by atomic mass is 10.0. The number of ether oxygens (including phenoxy) is 1. The fourth-order valence-corrected chi connectivity index (χ4v) is 2.27. The first-order valence-electron chi connectivity index (χ1n) is 7.53. The zero-order valence-electron chi connectivity index (χ0n) is 13.9. The van der Waals surface area contributed by atoms with Gasteiger partial charge in [0.25, 0.3) is 0 Å². The number of benzene rings is 1. The highest BCUT2D eigenvalue weighted by Gasteiger charge is 2.18. The van der Waals surface area contributed by atoms with Crippen LogP contribution in [-0.2, 0) is 0 Å². The fourth-order valence-electron chi connectivity index (χ4n) is 2.27. The minimum atomic E-state index is -1.19. The van der Waals surface area contributed by atoms with Crippen molar-refractivity contribution in [1.29, 1.82) is 0 Å². The molecule has 0 spiro atoms. The van der Waals surface area contributed by atoms with E-state index in [2.05, 4.69) is 9.97 Å². The van der Waals surface area contributed by atoms with Crippen LogP contribution in [0.5, 0.6) is 6.01 Å². The van der Waals surface area contributed by atoms with Gasteiger partial charge in [0.2, 0.25) is 0 Å². The molecule has 0 aliphatic rings. The predicted molar refractivity (Wildman–Crippen MR) is 87.8 cm³/mol. The van der Waals surface area contributed by atoms with Crippen LogP contribution in [0, 0.1) is 12.7 Å². The molecule has 7 heteroatoms. The average Bonchev–Trinajstić information content (AvgIpc) is 2.51. The number of aromatic carboxylic acids is 1. The smallest absolute Gasteiger partial charge is 0.355 e. The summed E-state index contributed by atoms with van der Waals surface area (Å²) in [6.07, 6.45) is 2.18. The standard InChI is InChI=1S/C17H20FN3O3/c1-11-9-12(18)5-6-13(11)14-10-19-17(20-15(14)16(22)23)24-8-4-7-21(2)3/h5-6,9-10H,4,7-8H2,1-3H3,(H,22,23). The molecule has 6 nitrogen and oxygen atoms in total. The summed E-state index contributed by atoms with van der Waals surface area (Å²) in [5.74, 6) is -1.57. The van der Waals surface area contributed by atoms with Crippen molar-refractivity contribution in [3.05, 3.63) is 41.5 Å². The van der Waals surface area contributed by atoms with Crippen LogP contribution in [0.15, 0.2) is 24.4 Å². The van der Waals surface area contributed by atoms with E-state index in [9.17, 15) is 14.3 Å². The van der Waals surface area contributed by atoms with Gasteiger partial charge in [-0.2, -0.15) is 4.98 Å². The molecule has 0 radical (unpaired) electrons. The first-order valence-corrected chi connectivity index (χ1v) is 7.53. The quantitative estimate of drug-likeness (QED) is 0.785. The van der Waals surface area contributed by atoms with E-state index < -0.39 is 5.97 Å². The number of carbonyl (C=O) groups is 1. The maximum absolute atomic E-state index is 13.2. The maximum Gasteiger partial charge on any atom is 0.355 e. The molecule has 1 aromatic heterocycles. The van der Waals surface area contributed by atoms with Crippen molar-refractivity contribution in [2.75, 3.05) is 27.2 Å². The zero-order chi connectivity index (χ0) is 17.7. The lowest BCUT2D eigenvalue weighted by molar-refractivity contribution is 0.0689. The maximum atomic E-state index is 13.2. The minimum Gasteiger partial charge on any atom is -0.476 e. The topological polar surface area (TPSA) is 75.5 Å². The monoisotopic (exact) mass is 333 g/mol. The van der Waals surface area contributed by atoms with E-state index in [1.54, 1.807) is 6.92 Å². The van der Waals surface area contributed by atoms with Crippen LogP contribution in [0.1, 0.15) is 22.5 Å². The van der Waals surface area contributed by atoms with Gasteiger partial charge in [-0.25, -0.2) is 14.2 Å². The van der Waals surface area contributed by atoms with Crippen LogP contribution in [0.2, 0.25) is 0 Å². The van der Waals surface area contributed by atoms with Gasteiger partial charge in [-0.3, -0.25) is 0 Å². The van der Waals surface area contributed by atoms with Crippen molar-refractivity contribution in [1.82, 2.24) is 14.9 Å². The van der Waals surface area contributed by atoms with Crippen LogP contribution < -0.4 is 4.74 Å². The van der Waals surface area contributed by atoms with Crippen molar-refractivity contribution in [3.63, 3.8) is 0 Å². The average molecular weight is 333 g/mol. The first kappa shape index (κ1) is 17.8. The van der Waals surface area contributed by atoms with E-state index >= 15 is 0 Å².